The van der Waals surface area contributed by atoms with Gasteiger partial charge in [-0.3, -0.25) is 9.97 Å². The SMILES string of the molecule is c1ccc(B2c3ccccc3C3(c4ccccc4N(c4ccccc4)c4cccnc43)c3ncccc32)cc1. The summed E-state index contributed by atoms with van der Waals surface area (Å²) in [5.41, 5.74) is 11.0. The lowest BCUT2D eigenvalue weighted by atomic mass is 9.31. The number of anilines is 3. The van der Waals surface area contributed by atoms with Crippen molar-refractivity contribution in [2.75, 3.05) is 4.90 Å². The zero-order chi connectivity index (χ0) is 25.8. The van der Waals surface area contributed by atoms with E-state index in [-0.39, 0.29) is 6.71 Å². The van der Waals surface area contributed by atoms with Crippen molar-refractivity contribution in [2.45, 2.75) is 5.41 Å². The van der Waals surface area contributed by atoms with Crippen LogP contribution in [0.15, 0.2) is 146 Å². The molecule has 0 bridgehead atoms. The van der Waals surface area contributed by atoms with E-state index in [0.29, 0.717) is 0 Å². The van der Waals surface area contributed by atoms with E-state index >= 15 is 0 Å². The molecule has 3 nitrogen and oxygen atoms in total. The van der Waals surface area contributed by atoms with Gasteiger partial charge in [-0.25, -0.2) is 0 Å². The van der Waals surface area contributed by atoms with Gasteiger partial charge in [-0.05, 0) is 53.0 Å². The molecule has 2 aromatic heterocycles. The Bertz CT molecular complexity index is 1600. The summed E-state index contributed by atoms with van der Waals surface area (Å²) >= 11 is 0. The second kappa shape index (κ2) is 8.54. The minimum Gasteiger partial charge on any atom is -0.308 e. The first-order chi connectivity index (χ1) is 19.4. The van der Waals surface area contributed by atoms with E-state index in [0.717, 1.165) is 28.5 Å². The number of benzene rings is 4. The molecular formula is C35H24BN3. The van der Waals surface area contributed by atoms with E-state index in [9.17, 15) is 0 Å². The van der Waals surface area contributed by atoms with Crippen LogP contribution in [0.25, 0.3) is 0 Å². The van der Waals surface area contributed by atoms with Crippen LogP contribution in [0.3, 0.4) is 0 Å². The van der Waals surface area contributed by atoms with E-state index in [1.807, 2.05) is 18.5 Å². The van der Waals surface area contributed by atoms with Gasteiger partial charge in [-0.1, -0.05) is 108 Å². The third kappa shape index (κ3) is 3.00. The minimum absolute atomic E-state index is 0.0863. The van der Waals surface area contributed by atoms with Crippen LogP contribution < -0.4 is 21.3 Å². The minimum atomic E-state index is -0.656. The number of pyridine rings is 2. The Kier molecular flexibility index (Phi) is 4.83. The highest BCUT2D eigenvalue weighted by molar-refractivity contribution is 6.96. The normalized spacial score (nSPS) is 16.7. The van der Waals surface area contributed by atoms with Gasteiger partial charge in [0.15, 0.2) is 0 Å². The lowest BCUT2D eigenvalue weighted by Gasteiger charge is -2.48. The summed E-state index contributed by atoms with van der Waals surface area (Å²) < 4.78 is 0. The molecule has 2 aliphatic heterocycles. The number of aromatic nitrogens is 2. The molecule has 0 amide bonds. The summed E-state index contributed by atoms with van der Waals surface area (Å²) in [4.78, 5) is 12.7. The maximum absolute atomic E-state index is 5.21. The van der Waals surface area contributed by atoms with Gasteiger partial charge in [0.25, 0.3) is 0 Å². The van der Waals surface area contributed by atoms with Crippen molar-refractivity contribution >= 4 is 40.2 Å². The fourth-order valence-corrected chi connectivity index (χ4v) is 6.83. The molecule has 182 valence electrons. The Morgan fingerprint density at radius 1 is 0.487 bits per heavy atom. The van der Waals surface area contributed by atoms with Gasteiger partial charge < -0.3 is 4.90 Å². The molecule has 1 atom stereocenters. The Morgan fingerprint density at radius 2 is 1.08 bits per heavy atom. The van der Waals surface area contributed by atoms with Gasteiger partial charge >= 0.3 is 0 Å². The van der Waals surface area contributed by atoms with Crippen molar-refractivity contribution in [2.24, 2.45) is 0 Å². The van der Waals surface area contributed by atoms with E-state index in [1.165, 1.54) is 27.5 Å². The van der Waals surface area contributed by atoms with Crippen molar-refractivity contribution in [3.05, 3.63) is 168 Å². The predicted molar refractivity (Wildman–Crippen MR) is 160 cm³/mol. The highest BCUT2D eigenvalue weighted by Crippen LogP contribution is 2.56. The first-order valence-corrected chi connectivity index (χ1v) is 13.4. The number of hydrogen-bond acceptors (Lipinski definition) is 3. The van der Waals surface area contributed by atoms with Crippen LogP contribution in [-0.4, -0.2) is 16.7 Å². The highest BCUT2D eigenvalue weighted by Gasteiger charge is 2.54. The summed E-state index contributed by atoms with van der Waals surface area (Å²) in [5, 5.41) is 0. The monoisotopic (exact) mass is 497 g/mol. The molecular weight excluding hydrogens is 473 g/mol. The second-order valence-electron chi connectivity index (χ2n) is 10.2. The summed E-state index contributed by atoms with van der Waals surface area (Å²) in [7, 11) is 0. The third-order valence-corrected chi connectivity index (χ3v) is 8.26. The number of nitrogens with zero attached hydrogens (tertiary/aromatic N) is 3. The zero-order valence-corrected chi connectivity index (χ0v) is 21.3. The Labute approximate surface area is 228 Å². The van der Waals surface area contributed by atoms with Gasteiger partial charge in [0.2, 0.25) is 6.71 Å². The van der Waals surface area contributed by atoms with Crippen LogP contribution in [0.1, 0.15) is 22.5 Å². The average Bonchev–Trinajstić information content (AvgIpc) is 3.02. The van der Waals surface area contributed by atoms with E-state index in [4.69, 9.17) is 9.97 Å². The molecule has 0 saturated heterocycles. The molecule has 0 saturated carbocycles. The quantitative estimate of drug-likeness (QED) is 0.297. The van der Waals surface area contributed by atoms with Gasteiger partial charge in [0.1, 0.15) is 5.41 Å². The van der Waals surface area contributed by atoms with Crippen molar-refractivity contribution in [3.63, 3.8) is 0 Å². The predicted octanol–water partition coefficient (Wildman–Crippen LogP) is 5.47. The maximum atomic E-state index is 5.21. The molecule has 4 heterocycles. The summed E-state index contributed by atoms with van der Waals surface area (Å²) in [6.07, 6.45) is 3.86. The number of para-hydroxylation sites is 2. The molecule has 0 N–H and O–H groups in total. The summed E-state index contributed by atoms with van der Waals surface area (Å²) in [6, 6.07) is 47.6. The van der Waals surface area contributed by atoms with Crippen molar-refractivity contribution in [3.8, 4) is 0 Å². The Balaban J connectivity index is 1.53. The lowest BCUT2D eigenvalue weighted by Crippen LogP contribution is -2.63. The van der Waals surface area contributed by atoms with Crippen LogP contribution in [0.4, 0.5) is 17.1 Å². The first-order valence-electron chi connectivity index (χ1n) is 13.4. The van der Waals surface area contributed by atoms with Gasteiger partial charge in [0, 0.05) is 18.1 Å². The van der Waals surface area contributed by atoms with Crippen molar-refractivity contribution < 1.29 is 0 Å². The molecule has 8 rings (SSSR count). The third-order valence-electron chi connectivity index (χ3n) is 8.26. The first kappa shape index (κ1) is 22.1. The lowest BCUT2D eigenvalue weighted by molar-refractivity contribution is 0.681. The average molecular weight is 497 g/mol. The topological polar surface area (TPSA) is 29.0 Å². The van der Waals surface area contributed by atoms with Crippen LogP contribution in [0.5, 0.6) is 0 Å². The molecule has 1 unspecified atom stereocenters. The van der Waals surface area contributed by atoms with E-state index in [1.54, 1.807) is 0 Å². The molecule has 4 aromatic carbocycles. The number of fused-ring (bicyclic) bond motifs is 8. The zero-order valence-electron chi connectivity index (χ0n) is 21.3. The van der Waals surface area contributed by atoms with Gasteiger partial charge in [0.05, 0.1) is 22.8 Å². The smallest absolute Gasteiger partial charge is 0.244 e. The molecule has 39 heavy (non-hydrogen) atoms. The number of hydrogen-bond donors (Lipinski definition) is 0. The molecule has 6 aromatic rings. The molecule has 0 aliphatic carbocycles. The van der Waals surface area contributed by atoms with Crippen LogP contribution in [-0.2, 0) is 5.41 Å². The number of rotatable bonds is 2. The van der Waals surface area contributed by atoms with Crippen LogP contribution >= 0.6 is 0 Å². The van der Waals surface area contributed by atoms with E-state index in [2.05, 4.69) is 132 Å². The molecule has 1 spiro atoms. The molecule has 0 radical (unpaired) electrons. The summed E-state index contributed by atoms with van der Waals surface area (Å²) in [5.74, 6) is 0. The van der Waals surface area contributed by atoms with Gasteiger partial charge in [-0.15, -0.1) is 0 Å². The largest absolute Gasteiger partial charge is 0.308 e. The summed E-state index contributed by atoms with van der Waals surface area (Å²) in [6.45, 7) is 0.0863. The molecule has 2 aliphatic rings. The highest BCUT2D eigenvalue weighted by atomic mass is 15.2. The Hall–Kier alpha value is -4.96. The fourth-order valence-electron chi connectivity index (χ4n) is 6.83. The van der Waals surface area contributed by atoms with Crippen LogP contribution in [0, 0.1) is 0 Å². The fraction of sp³-hybridized carbons (Fsp3) is 0.0286. The van der Waals surface area contributed by atoms with Crippen molar-refractivity contribution in [1.82, 2.24) is 9.97 Å². The van der Waals surface area contributed by atoms with Crippen LogP contribution in [0.2, 0.25) is 0 Å². The molecule has 4 heteroatoms. The van der Waals surface area contributed by atoms with E-state index < -0.39 is 5.41 Å². The maximum Gasteiger partial charge on any atom is 0.244 e. The van der Waals surface area contributed by atoms with Gasteiger partial charge in [-0.2, -0.15) is 0 Å². The second-order valence-corrected chi connectivity index (χ2v) is 10.2. The molecule has 0 fully saturated rings. The Morgan fingerprint density at radius 3 is 1.90 bits per heavy atom. The van der Waals surface area contributed by atoms with Crippen molar-refractivity contribution in [1.29, 1.82) is 0 Å². The standard InChI is InChI=1S/C35H24BN3/c1-3-13-25(14-4-1)36-29-19-9-7-17-27(29)35(33-30(36)20-11-23-37-33)28-18-8-10-21-31(28)39(26-15-5-2-6-16-26)32-22-12-24-38-34(32)35/h1-24H.